The summed E-state index contributed by atoms with van der Waals surface area (Å²) in [6.45, 7) is 2.40. The number of hydrogen-bond acceptors (Lipinski definition) is 4. The average molecular weight is 246 g/mol. The van der Waals surface area contributed by atoms with Gasteiger partial charge in [0.15, 0.2) is 0 Å². The van der Waals surface area contributed by atoms with Gasteiger partial charge in [-0.1, -0.05) is 31.5 Å². The molecule has 0 radical (unpaired) electrons. The SMILES string of the molecule is CCCCOC(=O)c1coc(=O)c2ccccc12. The van der Waals surface area contributed by atoms with Gasteiger partial charge >= 0.3 is 11.6 Å². The fourth-order valence-electron chi connectivity index (χ4n) is 1.68. The van der Waals surface area contributed by atoms with Crippen LogP contribution in [0.2, 0.25) is 0 Å². The van der Waals surface area contributed by atoms with Gasteiger partial charge in [0, 0.05) is 5.39 Å². The van der Waals surface area contributed by atoms with Gasteiger partial charge in [0.2, 0.25) is 0 Å². The van der Waals surface area contributed by atoms with E-state index < -0.39 is 11.6 Å². The average Bonchev–Trinajstić information content (AvgIpc) is 2.39. The Hall–Kier alpha value is -2.10. The van der Waals surface area contributed by atoms with Crippen molar-refractivity contribution in [1.82, 2.24) is 0 Å². The van der Waals surface area contributed by atoms with Crippen molar-refractivity contribution >= 4 is 16.7 Å². The van der Waals surface area contributed by atoms with Crippen molar-refractivity contribution in [3.63, 3.8) is 0 Å². The minimum atomic E-state index is -0.455. The Morgan fingerprint density at radius 3 is 2.72 bits per heavy atom. The highest BCUT2D eigenvalue weighted by Gasteiger charge is 2.14. The van der Waals surface area contributed by atoms with Crippen LogP contribution >= 0.6 is 0 Å². The van der Waals surface area contributed by atoms with Crippen LogP contribution in [-0.4, -0.2) is 12.6 Å². The van der Waals surface area contributed by atoms with E-state index in [9.17, 15) is 9.59 Å². The number of carbonyl (C=O) groups excluding carboxylic acids is 1. The molecule has 0 fully saturated rings. The summed E-state index contributed by atoms with van der Waals surface area (Å²) in [6.07, 6.45) is 2.94. The summed E-state index contributed by atoms with van der Waals surface area (Å²) < 4.78 is 9.96. The van der Waals surface area contributed by atoms with Crippen LogP contribution in [0.1, 0.15) is 30.1 Å². The van der Waals surface area contributed by atoms with Crippen LogP contribution < -0.4 is 5.63 Å². The summed E-state index contributed by atoms with van der Waals surface area (Å²) in [7, 11) is 0. The highest BCUT2D eigenvalue weighted by Crippen LogP contribution is 2.16. The van der Waals surface area contributed by atoms with Crippen LogP contribution in [0.4, 0.5) is 0 Å². The minimum absolute atomic E-state index is 0.293. The van der Waals surface area contributed by atoms with Crippen molar-refractivity contribution < 1.29 is 13.9 Å². The lowest BCUT2D eigenvalue weighted by Gasteiger charge is -2.05. The molecule has 0 spiro atoms. The molecule has 0 aliphatic carbocycles. The predicted molar refractivity (Wildman–Crippen MR) is 67.7 cm³/mol. The molecular formula is C14H14O4. The molecule has 1 heterocycles. The molecule has 0 aliphatic rings. The van der Waals surface area contributed by atoms with Crippen LogP contribution in [0.5, 0.6) is 0 Å². The van der Waals surface area contributed by atoms with E-state index >= 15 is 0 Å². The molecule has 0 amide bonds. The van der Waals surface area contributed by atoms with Gasteiger partial charge in [-0.25, -0.2) is 9.59 Å². The lowest BCUT2D eigenvalue weighted by Crippen LogP contribution is -2.10. The van der Waals surface area contributed by atoms with Gasteiger partial charge < -0.3 is 9.15 Å². The van der Waals surface area contributed by atoms with Crippen LogP contribution in [0.3, 0.4) is 0 Å². The van der Waals surface area contributed by atoms with E-state index in [1.807, 2.05) is 6.92 Å². The first kappa shape index (κ1) is 12.4. The summed E-state index contributed by atoms with van der Waals surface area (Å²) in [4.78, 5) is 23.4. The lowest BCUT2D eigenvalue weighted by molar-refractivity contribution is 0.0499. The van der Waals surface area contributed by atoms with Crippen LogP contribution in [0.25, 0.3) is 10.8 Å². The second-order valence-electron chi connectivity index (χ2n) is 3.97. The Bertz CT molecular complexity index is 612. The number of fused-ring (bicyclic) bond motifs is 1. The molecular weight excluding hydrogens is 232 g/mol. The summed E-state index contributed by atoms with van der Waals surface area (Å²) in [5, 5.41) is 0.956. The summed E-state index contributed by atoms with van der Waals surface area (Å²) in [6, 6.07) is 6.84. The first-order chi connectivity index (χ1) is 8.74. The first-order valence-corrected chi connectivity index (χ1v) is 5.91. The Balaban J connectivity index is 2.36. The van der Waals surface area contributed by atoms with Gasteiger partial charge in [-0.3, -0.25) is 0 Å². The Morgan fingerprint density at radius 1 is 1.28 bits per heavy atom. The van der Waals surface area contributed by atoms with Gasteiger partial charge in [-0.2, -0.15) is 0 Å². The number of benzene rings is 1. The van der Waals surface area contributed by atoms with E-state index in [0.717, 1.165) is 12.8 Å². The molecule has 0 saturated heterocycles. The summed E-state index contributed by atoms with van der Waals surface area (Å²) >= 11 is 0. The number of rotatable bonds is 4. The van der Waals surface area contributed by atoms with Gasteiger partial charge in [-0.15, -0.1) is 0 Å². The molecule has 0 atom stereocenters. The molecule has 2 aromatic rings. The van der Waals surface area contributed by atoms with Gasteiger partial charge in [0.1, 0.15) is 11.8 Å². The molecule has 0 unspecified atom stereocenters. The van der Waals surface area contributed by atoms with E-state index in [-0.39, 0.29) is 0 Å². The maximum atomic E-state index is 11.9. The number of ether oxygens (including phenoxy) is 1. The van der Waals surface area contributed by atoms with E-state index in [2.05, 4.69) is 0 Å². The summed E-state index contributed by atoms with van der Waals surface area (Å²) in [5.41, 5.74) is -0.156. The first-order valence-electron chi connectivity index (χ1n) is 5.91. The zero-order valence-electron chi connectivity index (χ0n) is 10.1. The van der Waals surface area contributed by atoms with Crippen molar-refractivity contribution in [2.24, 2.45) is 0 Å². The number of carbonyl (C=O) groups is 1. The minimum Gasteiger partial charge on any atom is -0.462 e. The zero-order chi connectivity index (χ0) is 13.0. The molecule has 0 saturated carbocycles. The highest BCUT2D eigenvalue weighted by atomic mass is 16.5. The third-order valence-electron chi connectivity index (χ3n) is 2.67. The molecule has 4 heteroatoms. The summed E-state index contributed by atoms with van der Waals surface area (Å²) in [5.74, 6) is -0.455. The van der Waals surface area contributed by atoms with Crippen LogP contribution in [0, 0.1) is 0 Å². The fraction of sp³-hybridized carbons (Fsp3) is 0.286. The smallest absolute Gasteiger partial charge is 0.343 e. The maximum Gasteiger partial charge on any atom is 0.343 e. The third-order valence-corrected chi connectivity index (χ3v) is 2.67. The number of esters is 1. The van der Waals surface area contributed by atoms with Gasteiger partial charge in [0.05, 0.1) is 12.0 Å². The molecule has 0 aliphatic heterocycles. The topological polar surface area (TPSA) is 56.5 Å². The van der Waals surface area contributed by atoms with Crippen molar-refractivity contribution in [2.75, 3.05) is 6.61 Å². The number of unbranched alkanes of at least 4 members (excludes halogenated alkanes) is 1. The molecule has 1 aromatic carbocycles. The Morgan fingerprint density at radius 2 is 2.00 bits per heavy atom. The van der Waals surface area contributed by atoms with Crippen molar-refractivity contribution in [2.45, 2.75) is 19.8 Å². The predicted octanol–water partition coefficient (Wildman–Crippen LogP) is 2.75. The Kier molecular flexibility index (Phi) is 3.77. The highest BCUT2D eigenvalue weighted by molar-refractivity contribution is 6.03. The molecule has 2 rings (SSSR count). The Labute approximate surface area is 104 Å². The maximum absolute atomic E-state index is 11.9. The second kappa shape index (κ2) is 5.49. The van der Waals surface area contributed by atoms with Crippen molar-refractivity contribution in [3.8, 4) is 0 Å². The molecule has 4 nitrogen and oxygen atoms in total. The quantitative estimate of drug-likeness (QED) is 0.614. The fourth-order valence-corrected chi connectivity index (χ4v) is 1.68. The monoisotopic (exact) mass is 246 g/mol. The molecule has 94 valence electrons. The normalized spacial score (nSPS) is 10.5. The second-order valence-corrected chi connectivity index (χ2v) is 3.97. The third kappa shape index (κ3) is 2.42. The van der Waals surface area contributed by atoms with Crippen molar-refractivity contribution in [3.05, 3.63) is 46.5 Å². The molecule has 0 N–H and O–H groups in total. The standard InChI is InChI=1S/C14H14O4/c1-2-3-8-17-14(16)12-9-18-13(15)11-7-5-4-6-10(11)12/h4-7,9H,2-3,8H2,1H3. The van der Waals surface area contributed by atoms with E-state index in [0.29, 0.717) is 22.9 Å². The van der Waals surface area contributed by atoms with Gasteiger partial charge in [-0.05, 0) is 12.5 Å². The lowest BCUT2D eigenvalue weighted by atomic mass is 10.1. The van der Waals surface area contributed by atoms with E-state index in [1.165, 1.54) is 6.26 Å². The van der Waals surface area contributed by atoms with Crippen molar-refractivity contribution in [1.29, 1.82) is 0 Å². The van der Waals surface area contributed by atoms with Gasteiger partial charge in [0.25, 0.3) is 0 Å². The molecule has 18 heavy (non-hydrogen) atoms. The molecule has 1 aromatic heterocycles. The zero-order valence-corrected chi connectivity index (χ0v) is 10.1. The molecule has 0 bridgehead atoms. The number of hydrogen-bond donors (Lipinski definition) is 0. The van der Waals surface area contributed by atoms with E-state index in [1.54, 1.807) is 24.3 Å². The van der Waals surface area contributed by atoms with Crippen LogP contribution in [0.15, 0.2) is 39.7 Å². The van der Waals surface area contributed by atoms with E-state index in [4.69, 9.17) is 9.15 Å². The van der Waals surface area contributed by atoms with Crippen LogP contribution in [-0.2, 0) is 4.74 Å². The largest absolute Gasteiger partial charge is 0.462 e.